The first-order valence-corrected chi connectivity index (χ1v) is 18.7. The maximum absolute atomic E-state index is 5.54. The Kier molecular flexibility index (Phi) is 14.2. The molecule has 0 spiro atoms. The second-order valence-corrected chi connectivity index (χ2v) is 15.0. The van der Waals surface area contributed by atoms with Crippen LogP contribution in [0.2, 0.25) is 0 Å². The van der Waals surface area contributed by atoms with Gasteiger partial charge in [-0.15, -0.1) is 0 Å². The number of aryl methyl sites for hydroxylation is 1. The summed E-state index contributed by atoms with van der Waals surface area (Å²) in [6.07, 6.45) is 1.04. The van der Waals surface area contributed by atoms with Gasteiger partial charge in [-0.25, -0.2) is 0 Å². The fraction of sp³-hybridized carbons (Fsp3) is 0.220. The quantitative estimate of drug-likeness (QED) is 0.146. The van der Waals surface area contributed by atoms with Crippen molar-refractivity contribution < 1.29 is 36.1 Å². The van der Waals surface area contributed by atoms with Gasteiger partial charge in [0, 0.05) is 44.2 Å². The van der Waals surface area contributed by atoms with E-state index in [2.05, 4.69) is 136 Å². The highest BCUT2D eigenvalue weighted by atomic mass is 79.9. The van der Waals surface area contributed by atoms with Crippen molar-refractivity contribution in [3.05, 3.63) is 162 Å². The van der Waals surface area contributed by atoms with Crippen LogP contribution in [-0.4, -0.2) is 23.4 Å². The lowest BCUT2D eigenvalue weighted by molar-refractivity contribution is -0.129. The molecule has 2 aliphatic rings. The molecule has 0 aliphatic carbocycles. The molecule has 5 aromatic carbocycles. The van der Waals surface area contributed by atoms with Crippen LogP contribution in [0.25, 0.3) is 0 Å². The predicted molar refractivity (Wildman–Crippen MR) is 206 cm³/mol. The first kappa shape index (κ1) is 38.8. The second kappa shape index (κ2) is 18.3. The van der Waals surface area contributed by atoms with Gasteiger partial charge in [0.15, 0.2) is 0 Å². The Morgan fingerprint density at radius 3 is 1.14 bits per heavy atom. The van der Waals surface area contributed by atoms with Gasteiger partial charge in [-0.2, -0.15) is 0 Å². The van der Waals surface area contributed by atoms with E-state index in [9.17, 15) is 0 Å². The summed E-state index contributed by atoms with van der Waals surface area (Å²) in [7, 11) is -0.446. The molecule has 0 atom stereocenters. The average Bonchev–Trinajstić information content (AvgIpc) is 3.70. The van der Waals surface area contributed by atoms with Gasteiger partial charge in [-0.1, -0.05) is 138 Å². The number of benzene rings is 5. The van der Waals surface area contributed by atoms with E-state index in [1.165, 1.54) is 27.0 Å². The van der Waals surface area contributed by atoms with Gasteiger partial charge in [0.2, 0.25) is 0 Å². The maximum Gasteiger partial charge on any atom is 0.271 e. The van der Waals surface area contributed by atoms with Crippen LogP contribution in [-0.2, 0) is 30.9 Å². The zero-order valence-corrected chi connectivity index (χ0v) is 33.0. The number of ether oxygens (including phenoxy) is 2. The molecular weight excluding hydrogens is 775 g/mol. The molecule has 0 amide bonds. The smallest absolute Gasteiger partial charge is 0.271 e. The molecular formula is C41H42Br2N2O4P-. The summed E-state index contributed by atoms with van der Waals surface area (Å²) in [5.74, 6) is -0.189. The van der Waals surface area contributed by atoms with Crippen LogP contribution < -0.4 is 32.9 Å². The fourth-order valence-corrected chi connectivity index (χ4v) is 7.54. The molecule has 0 bridgehead atoms. The van der Waals surface area contributed by atoms with Crippen molar-refractivity contribution >= 4 is 51.6 Å². The molecule has 5 aromatic rings. The van der Waals surface area contributed by atoms with Crippen molar-refractivity contribution in [2.24, 2.45) is 10.3 Å². The molecule has 50 heavy (non-hydrogen) atoms. The number of oxime groups is 2. The molecule has 0 unspecified atom stereocenters. The van der Waals surface area contributed by atoms with Crippen LogP contribution >= 0.6 is 23.9 Å². The maximum atomic E-state index is 5.54. The number of halogens is 2. The largest absolute Gasteiger partial charge is 1.00 e. The summed E-state index contributed by atoms with van der Waals surface area (Å²) in [6.45, 7) is 9.46. The van der Waals surface area contributed by atoms with Gasteiger partial charge < -0.3 is 36.1 Å². The highest BCUT2D eigenvalue weighted by Gasteiger charge is 2.31. The first-order chi connectivity index (χ1) is 23.7. The Morgan fingerprint density at radius 2 is 0.860 bits per heavy atom. The predicted octanol–water partition coefficient (Wildman–Crippen LogP) is 6.17. The van der Waals surface area contributed by atoms with E-state index < -0.39 is 19.5 Å². The van der Waals surface area contributed by atoms with E-state index in [0.717, 1.165) is 22.9 Å². The first-order valence-electron chi connectivity index (χ1n) is 16.3. The fourth-order valence-electron chi connectivity index (χ4n) is 4.86. The van der Waals surface area contributed by atoms with Gasteiger partial charge in [0.1, 0.15) is 0 Å². The molecule has 0 radical (unpaired) electrons. The van der Waals surface area contributed by atoms with Crippen LogP contribution in [0.3, 0.4) is 0 Å². The van der Waals surface area contributed by atoms with Crippen molar-refractivity contribution in [3.8, 4) is 0 Å². The van der Waals surface area contributed by atoms with Crippen molar-refractivity contribution in [1.82, 2.24) is 0 Å². The molecule has 0 fully saturated rings. The normalized spacial score (nSPS) is 14.8. The Bertz CT molecular complexity index is 1650. The summed E-state index contributed by atoms with van der Waals surface area (Å²) in [5.41, 5.74) is 4.41. The van der Waals surface area contributed by atoms with Gasteiger partial charge in [-0.05, 0) is 76.0 Å². The van der Waals surface area contributed by atoms with E-state index in [-0.39, 0.29) is 17.0 Å². The molecule has 7 rings (SSSR count). The lowest BCUT2D eigenvalue weighted by atomic mass is 10.1. The molecule has 6 nitrogen and oxygen atoms in total. The summed E-state index contributed by atoms with van der Waals surface area (Å²) in [4.78, 5) is 10.3. The number of hydrogen-bond donors (Lipinski definition) is 0. The van der Waals surface area contributed by atoms with E-state index in [1.807, 2.05) is 64.1 Å². The summed E-state index contributed by atoms with van der Waals surface area (Å²) < 4.78 is 11.1. The minimum Gasteiger partial charge on any atom is -1.00 e. The standard InChI is InChI=1S/C18H15P.C12H15NO2.C11H12BrNO2.BrH/c1-4-10-16(11-5-1)19(17-12-6-2-7-13-17)18-14-8-3-9-15-18;1-4-9-5-7-10(8-6-9)11-13-15-12(2,3)14-11;1-11(2)14-10(13-15-11)9-5-3-8(7-12)4-6-9;/h1-15H;5-8H,4H2,1-3H3;3-6H,7H2,1-2H3;1H/p-1. The van der Waals surface area contributed by atoms with Crippen molar-refractivity contribution in [2.45, 2.75) is 57.9 Å². The monoisotopic (exact) mass is 815 g/mol. The lowest BCUT2D eigenvalue weighted by Crippen LogP contribution is -3.00. The van der Waals surface area contributed by atoms with Gasteiger partial charge >= 0.3 is 0 Å². The number of hydrogen-bond acceptors (Lipinski definition) is 6. The third kappa shape index (κ3) is 11.0. The Labute approximate surface area is 316 Å². The van der Waals surface area contributed by atoms with E-state index in [0.29, 0.717) is 11.8 Å². The SMILES string of the molecule is CC1(C)ON=C(c2ccc(CBr)cc2)O1.CCc1ccc(C2=NOC(C)(C)O2)cc1.[Br-].c1ccc(P(c2ccccc2)c2ccccc2)cc1. The molecule has 2 aliphatic heterocycles. The van der Waals surface area contributed by atoms with Gasteiger partial charge in [0.05, 0.1) is 0 Å². The molecule has 0 saturated heterocycles. The van der Waals surface area contributed by atoms with E-state index >= 15 is 0 Å². The minimum atomic E-state index is -0.649. The van der Waals surface area contributed by atoms with E-state index in [4.69, 9.17) is 19.1 Å². The van der Waals surface area contributed by atoms with Gasteiger partial charge in [-0.3, -0.25) is 0 Å². The summed E-state index contributed by atoms with van der Waals surface area (Å²) in [6, 6.07) is 48.5. The number of rotatable bonds is 7. The average molecular weight is 818 g/mol. The zero-order chi connectivity index (χ0) is 34.7. The van der Waals surface area contributed by atoms with Crippen LogP contribution in [0.5, 0.6) is 0 Å². The molecule has 0 N–H and O–H groups in total. The molecule has 2 heterocycles. The lowest BCUT2D eigenvalue weighted by Gasteiger charge is -2.18. The Hall–Kier alpha value is -3.97. The summed E-state index contributed by atoms with van der Waals surface area (Å²) in [5, 5.41) is 12.8. The molecule has 9 heteroatoms. The zero-order valence-electron chi connectivity index (χ0n) is 28.9. The van der Waals surface area contributed by atoms with E-state index in [1.54, 1.807) is 0 Å². The highest BCUT2D eigenvalue weighted by molar-refractivity contribution is 9.08. The Morgan fingerprint density at radius 1 is 0.520 bits per heavy atom. The van der Waals surface area contributed by atoms with Crippen LogP contribution in [0, 0.1) is 0 Å². The number of nitrogens with zero attached hydrogens (tertiary/aromatic N) is 2. The second-order valence-electron chi connectivity index (χ2n) is 12.2. The van der Waals surface area contributed by atoms with Crippen molar-refractivity contribution in [1.29, 1.82) is 0 Å². The molecule has 260 valence electrons. The van der Waals surface area contributed by atoms with Crippen LogP contribution in [0.15, 0.2) is 150 Å². The minimum absolute atomic E-state index is 0. The third-order valence-electron chi connectivity index (χ3n) is 7.39. The topological polar surface area (TPSA) is 61.6 Å². The van der Waals surface area contributed by atoms with Crippen molar-refractivity contribution in [2.75, 3.05) is 0 Å². The molecule has 0 saturated carbocycles. The van der Waals surface area contributed by atoms with Gasteiger partial charge in [0.25, 0.3) is 23.4 Å². The number of alkyl halides is 1. The summed E-state index contributed by atoms with van der Waals surface area (Å²) >= 11 is 3.40. The highest BCUT2D eigenvalue weighted by Crippen LogP contribution is 2.32. The third-order valence-corrected chi connectivity index (χ3v) is 10.5. The van der Waals surface area contributed by atoms with Crippen LogP contribution in [0.4, 0.5) is 0 Å². The Balaban J connectivity index is 0.000000169. The van der Waals surface area contributed by atoms with Crippen molar-refractivity contribution in [3.63, 3.8) is 0 Å². The molecule has 0 aromatic heterocycles. The van der Waals surface area contributed by atoms with Crippen LogP contribution in [0.1, 0.15) is 56.9 Å².